The Bertz CT molecular complexity index is 612. The van der Waals surface area contributed by atoms with Crippen LogP contribution in [0.3, 0.4) is 0 Å². The van der Waals surface area contributed by atoms with Gasteiger partial charge < -0.3 is 11.1 Å². The highest BCUT2D eigenvalue weighted by atomic mass is 15.1. The van der Waals surface area contributed by atoms with Gasteiger partial charge in [-0.2, -0.15) is 4.98 Å². The summed E-state index contributed by atoms with van der Waals surface area (Å²) in [6.45, 7) is 7.78. The number of benzene rings is 1. The Morgan fingerprint density at radius 1 is 1.12 bits per heavy atom. The predicted octanol–water partition coefficient (Wildman–Crippen LogP) is 4.99. The van der Waals surface area contributed by atoms with Gasteiger partial charge >= 0.3 is 0 Å². The molecule has 0 amide bonds. The number of rotatable bonds is 9. The van der Waals surface area contributed by atoms with Gasteiger partial charge in [-0.1, -0.05) is 70.4 Å². The summed E-state index contributed by atoms with van der Waals surface area (Å²) >= 11 is 0. The third kappa shape index (κ3) is 5.22. The van der Waals surface area contributed by atoms with E-state index in [0.717, 1.165) is 23.6 Å². The molecule has 1 heterocycles. The van der Waals surface area contributed by atoms with E-state index >= 15 is 0 Å². The van der Waals surface area contributed by atoms with Crippen LogP contribution in [0.1, 0.15) is 46.5 Å². The summed E-state index contributed by atoms with van der Waals surface area (Å²) in [5.74, 6) is 2.49. The van der Waals surface area contributed by atoms with Crippen molar-refractivity contribution in [3.05, 3.63) is 36.4 Å². The zero-order valence-corrected chi connectivity index (χ0v) is 15.1. The van der Waals surface area contributed by atoms with E-state index in [2.05, 4.69) is 36.1 Å². The second-order valence-corrected chi connectivity index (χ2v) is 6.53. The van der Waals surface area contributed by atoms with Crippen LogP contribution < -0.4 is 11.1 Å². The molecule has 2 atom stereocenters. The minimum atomic E-state index is 0.313. The quantitative estimate of drug-likeness (QED) is 0.681. The highest BCUT2D eigenvalue weighted by molar-refractivity contribution is 5.63. The second-order valence-electron chi connectivity index (χ2n) is 6.53. The van der Waals surface area contributed by atoms with Crippen LogP contribution in [-0.2, 0) is 0 Å². The molecule has 24 heavy (non-hydrogen) atoms. The van der Waals surface area contributed by atoms with Crippen molar-refractivity contribution in [2.75, 3.05) is 17.6 Å². The van der Waals surface area contributed by atoms with Crippen LogP contribution in [0.2, 0.25) is 0 Å². The molecule has 3 N–H and O–H groups in total. The summed E-state index contributed by atoms with van der Waals surface area (Å²) in [7, 11) is 0. The third-order valence-corrected chi connectivity index (χ3v) is 4.74. The van der Waals surface area contributed by atoms with Crippen LogP contribution in [0.5, 0.6) is 0 Å². The van der Waals surface area contributed by atoms with Gasteiger partial charge in [-0.15, -0.1) is 0 Å². The molecule has 2 rings (SSSR count). The summed E-state index contributed by atoms with van der Waals surface area (Å²) in [5.41, 5.74) is 7.82. The Kier molecular flexibility index (Phi) is 7.04. The van der Waals surface area contributed by atoms with Crippen molar-refractivity contribution in [1.82, 2.24) is 9.97 Å². The number of nitrogens with zero attached hydrogens (tertiary/aromatic N) is 2. The number of anilines is 2. The highest BCUT2D eigenvalue weighted by Gasteiger charge is 2.15. The van der Waals surface area contributed by atoms with E-state index in [4.69, 9.17) is 5.73 Å². The maximum absolute atomic E-state index is 5.91. The van der Waals surface area contributed by atoms with E-state index in [1.54, 1.807) is 0 Å². The summed E-state index contributed by atoms with van der Waals surface area (Å²) < 4.78 is 0. The van der Waals surface area contributed by atoms with Gasteiger partial charge in [-0.05, 0) is 18.3 Å². The minimum Gasteiger partial charge on any atom is -0.370 e. The first kappa shape index (κ1) is 18.2. The second kappa shape index (κ2) is 9.26. The zero-order valence-electron chi connectivity index (χ0n) is 15.1. The normalized spacial score (nSPS) is 13.5. The summed E-state index contributed by atoms with van der Waals surface area (Å²) in [4.78, 5) is 8.71. The van der Waals surface area contributed by atoms with E-state index < -0.39 is 0 Å². The van der Waals surface area contributed by atoms with Crippen molar-refractivity contribution >= 4 is 11.8 Å². The Morgan fingerprint density at radius 3 is 2.54 bits per heavy atom. The van der Waals surface area contributed by atoms with Crippen LogP contribution in [0.4, 0.5) is 11.8 Å². The highest BCUT2D eigenvalue weighted by Crippen LogP contribution is 2.24. The molecule has 130 valence electrons. The molecule has 1 aromatic carbocycles. The molecule has 4 heteroatoms. The number of hydrogen-bond donors (Lipinski definition) is 2. The van der Waals surface area contributed by atoms with Crippen molar-refractivity contribution in [2.24, 2.45) is 11.8 Å². The monoisotopic (exact) mass is 326 g/mol. The van der Waals surface area contributed by atoms with Gasteiger partial charge in [-0.3, -0.25) is 0 Å². The number of unbranched alkanes of at least 4 members (excludes halogenated alkanes) is 1. The maximum atomic E-state index is 5.91. The Balaban J connectivity index is 2.10. The van der Waals surface area contributed by atoms with E-state index in [0.29, 0.717) is 17.8 Å². The lowest BCUT2D eigenvalue weighted by atomic mass is 9.87. The fraction of sp³-hybridized carbons (Fsp3) is 0.500. The average molecular weight is 326 g/mol. The van der Waals surface area contributed by atoms with Gasteiger partial charge in [0.25, 0.3) is 0 Å². The molecule has 0 saturated carbocycles. The number of nitrogens with one attached hydrogen (secondary N) is 1. The topological polar surface area (TPSA) is 63.8 Å². The SMILES string of the molecule is CCCC[C@H](CNc1cc(-c2ccccc2)nc(N)n1)[C@H](C)CC. The Hall–Kier alpha value is -2.10. The fourth-order valence-corrected chi connectivity index (χ4v) is 2.94. The van der Waals surface area contributed by atoms with E-state index in [1.165, 1.54) is 25.7 Å². The zero-order chi connectivity index (χ0) is 17.4. The van der Waals surface area contributed by atoms with Crippen LogP contribution >= 0.6 is 0 Å². The lowest BCUT2D eigenvalue weighted by Crippen LogP contribution is -2.21. The van der Waals surface area contributed by atoms with E-state index in [9.17, 15) is 0 Å². The molecule has 1 aromatic heterocycles. The van der Waals surface area contributed by atoms with Gasteiger partial charge in [0.15, 0.2) is 0 Å². The maximum Gasteiger partial charge on any atom is 0.222 e. The fourth-order valence-electron chi connectivity index (χ4n) is 2.94. The third-order valence-electron chi connectivity index (χ3n) is 4.74. The first-order valence-electron chi connectivity index (χ1n) is 9.07. The van der Waals surface area contributed by atoms with Crippen LogP contribution in [0.15, 0.2) is 36.4 Å². The van der Waals surface area contributed by atoms with Crippen molar-refractivity contribution in [3.8, 4) is 11.3 Å². The molecule has 0 spiro atoms. The number of hydrogen-bond acceptors (Lipinski definition) is 4. The minimum absolute atomic E-state index is 0.313. The van der Waals surface area contributed by atoms with Gasteiger partial charge in [0.05, 0.1) is 5.69 Å². The molecule has 0 fully saturated rings. The molecular weight excluding hydrogens is 296 g/mol. The van der Waals surface area contributed by atoms with Crippen molar-refractivity contribution in [2.45, 2.75) is 46.5 Å². The van der Waals surface area contributed by atoms with Gasteiger partial charge in [0, 0.05) is 18.2 Å². The Labute approximate surface area is 145 Å². The smallest absolute Gasteiger partial charge is 0.222 e. The molecule has 0 aliphatic rings. The van der Waals surface area contributed by atoms with Gasteiger partial charge in [0.2, 0.25) is 5.95 Å². The first-order chi connectivity index (χ1) is 11.6. The molecular formula is C20H30N4. The van der Waals surface area contributed by atoms with E-state index in [-0.39, 0.29) is 0 Å². The van der Waals surface area contributed by atoms with Crippen LogP contribution in [0.25, 0.3) is 11.3 Å². The molecule has 0 aliphatic heterocycles. The summed E-state index contributed by atoms with van der Waals surface area (Å²) in [5, 5.41) is 3.49. The molecule has 0 unspecified atom stereocenters. The summed E-state index contributed by atoms with van der Waals surface area (Å²) in [6, 6.07) is 12.1. The molecule has 0 radical (unpaired) electrons. The first-order valence-corrected chi connectivity index (χ1v) is 9.07. The predicted molar refractivity (Wildman–Crippen MR) is 103 cm³/mol. The van der Waals surface area contributed by atoms with E-state index in [1.807, 2.05) is 36.4 Å². The van der Waals surface area contributed by atoms with Gasteiger partial charge in [0.1, 0.15) is 5.82 Å². The summed E-state index contributed by atoms with van der Waals surface area (Å²) in [6.07, 6.45) is 4.98. The lowest BCUT2D eigenvalue weighted by molar-refractivity contribution is 0.334. The van der Waals surface area contributed by atoms with Crippen LogP contribution in [0, 0.1) is 11.8 Å². The number of nitrogens with two attached hydrogens (primary N) is 1. The average Bonchev–Trinajstić information content (AvgIpc) is 2.61. The molecule has 0 saturated heterocycles. The standard InChI is InChI=1S/C20H30N4/c1-4-6-10-17(15(3)5-2)14-22-19-13-18(23-20(21)24-19)16-11-8-7-9-12-16/h7-9,11-13,15,17H,4-6,10,14H2,1-3H3,(H3,21,22,23,24)/t15-,17-/m1/s1. The molecule has 2 aromatic rings. The Morgan fingerprint density at radius 2 is 1.88 bits per heavy atom. The number of nitrogen functional groups attached to an aromatic ring is 1. The van der Waals surface area contributed by atoms with Crippen LogP contribution in [-0.4, -0.2) is 16.5 Å². The largest absolute Gasteiger partial charge is 0.370 e. The number of aromatic nitrogens is 2. The van der Waals surface area contributed by atoms with Crippen molar-refractivity contribution < 1.29 is 0 Å². The molecule has 0 bridgehead atoms. The molecule has 4 nitrogen and oxygen atoms in total. The van der Waals surface area contributed by atoms with Gasteiger partial charge in [-0.25, -0.2) is 4.98 Å². The molecule has 0 aliphatic carbocycles. The van der Waals surface area contributed by atoms with Crippen molar-refractivity contribution in [3.63, 3.8) is 0 Å². The lowest BCUT2D eigenvalue weighted by Gasteiger charge is -2.23. The van der Waals surface area contributed by atoms with Crippen molar-refractivity contribution in [1.29, 1.82) is 0 Å².